The molecule has 0 saturated carbocycles. The van der Waals surface area contributed by atoms with Gasteiger partial charge in [-0.15, -0.1) is 0 Å². The molecule has 1 amide bonds. The van der Waals surface area contributed by atoms with Crippen molar-refractivity contribution in [2.24, 2.45) is 0 Å². The molecule has 0 aromatic carbocycles. The summed E-state index contributed by atoms with van der Waals surface area (Å²) in [6.07, 6.45) is 3.15. The Morgan fingerprint density at radius 3 is 2.82 bits per heavy atom. The molecule has 0 atom stereocenters. The average molecular weight is 296 g/mol. The first-order valence-corrected chi connectivity index (χ1v) is 7.38. The minimum atomic E-state index is -0.0718. The molecule has 6 heteroatoms. The lowest BCUT2D eigenvalue weighted by molar-refractivity contribution is 0.0756. The maximum absolute atomic E-state index is 12.8. The van der Waals surface area contributed by atoms with Crippen molar-refractivity contribution < 1.29 is 4.79 Å². The zero-order chi connectivity index (χ0) is 15.1. The van der Waals surface area contributed by atoms with Crippen molar-refractivity contribution in [2.75, 3.05) is 13.1 Å². The molecule has 3 aromatic rings. The van der Waals surface area contributed by atoms with Crippen molar-refractivity contribution in [1.29, 1.82) is 0 Å². The molecule has 1 aliphatic heterocycles. The zero-order valence-corrected chi connectivity index (χ0v) is 12.0. The van der Waals surface area contributed by atoms with E-state index in [1.807, 2.05) is 45.8 Å². The number of fused-ring (bicyclic) bond motifs is 2. The van der Waals surface area contributed by atoms with Gasteiger partial charge in [-0.3, -0.25) is 14.7 Å². The second-order valence-electron chi connectivity index (χ2n) is 5.54. The van der Waals surface area contributed by atoms with Crippen LogP contribution in [0.15, 0.2) is 41.3 Å². The lowest BCUT2D eigenvalue weighted by atomic mass is 10.2. The van der Waals surface area contributed by atoms with E-state index in [1.54, 1.807) is 0 Å². The van der Waals surface area contributed by atoms with Crippen LogP contribution in [0.2, 0.25) is 0 Å². The molecule has 4 rings (SSSR count). The van der Waals surface area contributed by atoms with Crippen molar-refractivity contribution >= 4 is 11.4 Å². The van der Waals surface area contributed by atoms with E-state index < -0.39 is 0 Å². The normalized spacial score (nSPS) is 14.8. The molecule has 0 bridgehead atoms. The van der Waals surface area contributed by atoms with Crippen LogP contribution in [-0.4, -0.2) is 38.5 Å². The number of carbonyl (C=O) groups is 1. The van der Waals surface area contributed by atoms with Gasteiger partial charge in [0.2, 0.25) is 0 Å². The Morgan fingerprint density at radius 2 is 1.91 bits per heavy atom. The van der Waals surface area contributed by atoms with Crippen molar-refractivity contribution in [3.8, 4) is 0 Å². The monoisotopic (exact) mass is 296 g/mol. The smallest absolute Gasteiger partial charge is 0.270 e. The highest BCUT2D eigenvalue weighted by Crippen LogP contribution is 2.15. The first-order valence-electron chi connectivity index (χ1n) is 7.38. The van der Waals surface area contributed by atoms with Gasteiger partial charge in [-0.05, 0) is 30.7 Å². The quantitative estimate of drug-likeness (QED) is 0.708. The number of carbonyl (C=O) groups excluding carboxylic acids is 1. The summed E-state index contributed by atoms with van der Waals surface area (Å²) in [5.41, 5.74) is 3.28. The minimum Gasteiger partial charge on any atom is -0.337 e. The molecule has 1 aliphatic rings. The van der Waals surface area contributed by atoms with Gasteiger partial charge in [0.25, 0.3) is 11.5 Å². The van der Waals surface area contributed by atoms with Gasteiger partial charge in [0, 0.05) is 42.5 Å². The Balaban J connectivity index is 1.63. The van der Waals surface area contributed by atoms with Crippen LogP contribution >= 0.6 is 0 Å². The molecule has 4 heterocycles. The number of aromatic amines is 2. The van der Waals surface area contributed by atoms with Crippen molar-refractivity contribution in [1.82, 2.24) is 19.5 Å². The summed E-state index contributed by atoms with van der Waals surface area (Å²) in [5, 5.41) is 5.52. The van der Waals surface area contributed by atoms with E-state index in [4.69, 9.17) is 0 Å². The Morgan fingerprint density at radius 1 is 1.05 bits per heavy atom. The number of pyridine rings is 1. The third-order valence-corrected chi connectivity index (χ3v) is 4.30. The van der Waals surface area contributed by atoms with Crippen LogP contribution in [-0.2, 0) is 12.8 Å². The molecule has 6 nitrogen and oxygen atoms in total. The average Bonchev–Trinajstić information content (AvgIpc) is 3.04. The summed E-state index contributed by atoms with van der Waals surface area (Å²) < 4.78 is 1.90. The fourth-order valence-corrected chi connectivity index (χ4v) is 3.10. The summed E-state index contributed by atoms with van der Waals surface area (Å²) >= 11 is 0. The van der Waals surface area contributed by atoms with Gasteiger partial charge in [0.15, 0.2) is 0 Å². The number of rotatable bonds is 1. The van der Waals surface area contributed by atoms with E-state index in [-0.39, 0.29) is 11.5 Å². The Hall–Kier alpha value is -2.76. The summed E-state index contributed by atoms with van der Waals surface area (Å²) in [7, 11) is 0. The van der Waals surface area contributed by atoms with Crippen molar-refractivity contribution in [3.05, 3.63) is 63.8 Å². The Labute approximate surface area is 126 Å². The van der Waals surface area contributed by atoms with Crippen molar-refractivity contribution in [2.45, 2.75) is 12.8 Å². The summed E-state index contributed by atoms with van der Waals surface area (Å²) in [6, 6.07) is 9.64. The largest absolute Gasteiger partial charge is 0.337 e. The Bertz CT molecular complexity index is 902. The summed E-state index contributed by atoms with van der Waals surface area (Å²) in [5.74, 6) is 0.00721. The second kappa shape index (κ2) is 4.91. The number of amides is 1. The summed E-state index contributed by atoms with van der Waals surface area (Å²) in [4.78, 5) is 26.3. The SMILES string of the molecule is O=C(c1ccc2ccccn12)N1CCc2[nH][nH]c(=O)c2CC1. The molecular formula is C16H16N4O2. The first-order chi connectivity index (χ1) is 10.7. The highest BCUT2D eigenvalue weighted by molar-refractivity contribution is 5.94. The molecule has 0 fully saturated rings. The van der Waals surface area contributed by atoms with E-state index in [1.165, 1.54) is 0 Å². The van der Waals surface area contributed by atoms with Gasteiger partial charge < -0.3 is 14.4 Å². The van der Waals surface area contributed by atoms with E-state index >= 15 is 0 Å². The van der Waals surface area contributed by atoms with Gasteiger partial charge in [0.1, 0.15) is 5.69 Å². The molecule has 3 aromatic heterocycles. The van der Waals surface area contributed by atoms with Crippen LogP contribution in [0.4, 0.5) is 0 Å². The predicted molar refractivity (Wildman–Crippen MR) is 82.1 cm³/mol. The number of hydrogen-bond donors (Lipinski definition) is 2. The van der Waals surface area contributed by atoms with Crippen LogP contribution in [0, 0.1) is 0 Å². The number of aromatic nitrogens is 3. The maximum Gasteiger partial charge on any atom is 0.270 e. The standard InChI is InChI=1S/C16H16N4O2/c21-15-12-6-9-19(10-7-13(12)17-18-15)16(22)14-5-4-11-3-1-2-8-20(11)14/h1-5,8H,6-7,9-10H2,(H2,17,18,21). The van der Waals surface area contributed by atoms with E-state index in [0.717, 1.165) is 16.8 Å². The molecule has 0 saturated heterocycles. The molecule has 22 heavy (non-hydrogen) atoms. The van der Waals surface area contributed by atoms with Gasteiger partial charge in [-0.1, -0.05) is 6.07 Å². The lowest BCUT2D eigenvalue weighted by Crippen LogP contribution is -2.34. The molecule has 0 radical (unpaired) electrons. The number of nitrogens with zero attached hydrogens (tertiary/aromatic N) is 2. The maximum atomic E-state index is 12.8. The topological polar surface area (TPSA) is 73.4 Å². The van der Waals surface area contributed by atoms with E-state index in [9.17, 15) is 9.59 Å². The van der Waals surface area contributed by atoms with Gasteiger partial charge in [-0.2, -0.15) is 0 Å². The molecule has 0 spiro atoms. The highest BCUT2D eigenvalue weighted by atomic mass is 16.2. The third kappa shape index (κ3) is 1.95. The van der Waals surface area contributed by atoms with E-state index in [0.29, 0.717) is 31.6 Å². The van der Waals surface area contributed by atoms with Gasteiger partial charge in [-0.25, -0.2) is 0 Å². The summed E-state index contributed by atoms with van der Waals surface area (Å²) in [6.45, 7) is 1.17. The first kappa shape index (κ1) is 12.9. The lowest BCUT2D eigenvalue weighted by Gasteiger charge is -2.20. The van der Waals surface area contributed by atoms with Crippen LogP contribution in [0.1, 0.15) is 21.7 Å². The number of nitrogens with one attached hydrogen (secondary N) is 2. The zero-order valence-electron chi connectivity index (χ0n) is 12.0. The second-order valence-corrected chi connectivity index (χ2v) is 5.54. The van der Waals surface area contributed by atoms with Crippen LogP contribution in [0.25, 0.3) is 5.52 Å². The van der Waals surface area contributed by atoms with Gasteiger partial charge >= 0.3 is 0 Å². The van der Waals surface area contributed by atoms with Crippen LogP contribution in [0.5, 0.6) is 0 Å². The molecule has 0 unspecified atom stereocenters. The molecular weight excluding hydrogens is 280 g/mol. The van der Waals surface area contributed by atoms with Crippen LogP contribution < -0.4 is 5.56 Å². The fourth-order valence-electron chi connectivity index (χ4n) is 3.10. The van der Waals surface area contributed by atoms with Crippen molar-refractivity contribution in [3.63, 3.8) is 0 Å². The molecule has 0 aliphatic carbocycles. The third-order valence-electron chi connectivity index (χ3n) is 4.30. The fraction of sp³-hybridized carbons (Fsp3) is 0.250. The number of hydrogen-bond acceptors (Lipinski definition) is 2. The van der Waals surface area contributed by atoms with Gasteiger partial charge in [0.05, 0.1) is 0 Å². The van der Waals surface area contributed by atoms with E-state index in [2.05, 4.69) is 10.2 Å². The predicted octanol–water partition coefficient (Wildman–Crippen LogP) is 1.20. The highest BCUT2D eigenvalue weighted by Gasteiger charge is 2.23. The van der Waals surface area contributed by atoms with Crippen LogP contribution in [0.3, 0.4) is 0 Å². The molecule has 112 valence electrons. The minimum absolute atomic E-state index is 0.00721. The molecule has 2 N–H and O–H groups in total. The number of H-pyrrole nitrogens is 2. The Kier molecular flexibility index (Phi) is 2.89.